The summed E-state index contributed by atoms with van der Waals surface area (Å²) in [5.41, 5.74) is 1.76. The van der Waals surface area contributed by atoms with Crippen LogP contribution in [0.2, 0.25) is 0 Å². The molecule has 1 aromatic carbocycles. The van der Waals surface area contributed by atoms with Gasteiger partial charge in [-0.15, -0.1) is 0 Å². The molecule has 0 aliphatic heterocycles. The van der Waals surface area contributed by atoms with Crippen molar-refractivity contribution in [1.82, 2.24) is 9.80 Å². The second-order valence-electron chi connectivity index (χ2n) is 5.25. The fourth-order valence-corrected chi connectivity index (χ4v) is 2.09. The SMILES string of the molecule is CNc1cc(CN(C)CCCN(C)C)ccc1[N+](=O)[O-]. The van der Waals surface area contributed by atoms with Crippen molar-refractivity contribution in [2.45, 2.75) is 13.0 Å². The first-order valence-electron chi connectivity index (χ1n) is 6.72. The van der Waals surface area contributed by atoms with Gasteiger partial charge < -0.3 is 15.1 Å². The largest absolute Gasteiger partial charge is 0.383 e. The quantitative estimate of drug-likeness (QED) is 0.583. The number of nitrogens with one attached hydrogen (secondary N) is 1. The van der Waals surface area contributed by atoms with E-state index in [2.05, 4.69) is 36.3 Å². The Bertz CT molecular complexity index is 449. The van der Waals surface area contributed by atoms with E-state index in [1.54, 1.807) is 13.1 Å². The highest BCUT2D eigenvalue weighted by Gasteiger charge is 2.13. The van der Waals surface area contributed by atoms with Gasteiger partial charge in [-0.1, -0.05) is 6.07 Å². The van der Waals surface area contributed by atoms with Gasteiger partial charge in [-0.25, -0.2) is 0 Å². The molecule has 0 bridgehead atoms. The third kappa shape index (κ3) is 5.14. The third-order valence-electron chi connectivity index (χ3n) is 3.12. The van der Waals surface area contributed by atoms with Crippen LogP contribution in [0.4, 0.5) is 11.4 Å². The first-order chi connectivity index (χ1) is 9.43. The van der Waals surface area contributed by atoms with E-state index in [1.807, 2.05) is 12.1 Å². The molecule has 0 unspecified atom stereocenters. The Hall–Kier alpha value is -1.66. The summed E-state index contributed by atoms with van der Waals surface area (Å²) < 4.78 is 0. The van der Waals surface area contributed by atoms with Crippen LogP contribution in [0.25, 0.3) is 0 Å². The Morgan fingerprint density at radius 2 is 1.95 bits per heavy atom. The van der Waals surface area contributed by atoms with Crippen LogP contribution in [0.5, 0.6) is 0 Å². The van der Waals surface area contributed by atoms with Gasteiger partial charge >= 0.3 is 0 Å². The van der Waals surface area contributed by atoms with E-state index in [9.17, 15) is 10.1 Å². The molecule has 1 aromatic rings. The van der Waals surface area contributed by atoms with Gasteiger partial charge in [-0.2, -0.15) is 0 Å². The third-order valence-corrected chi connectivity index (χ3v) is 3.12. The second-order valence-corrected chi connectivity index (χ2v) is 5.25. The topological polar surface area (TPSA) is 61.6 Å². The van der Waals surface area contributed by atoms with E-state index in [0.29, 0.717) is 5.69 Å². The van der Waals surface area contributed by atoms with Crippen molar-refractivity contribution in [3.05, 3.63) is 33.9 Å². The van der Waals surface area contributed by atoms with Gasteiger partial charge in [-0.05, 0) is 52.3 Å². The summed E-state index contributed by atoms with van der Waals surface area (Å²) in [6.45, 7) is 2.86. The molecule has 1 N–H and O–H groups in total. The number of nitro benzene ring substituents is 1. The van der Waals surface area contributed by atoms with E-state index in [0.717, 1.165) is 31.6 Å². The minimum atomic E-state index is -0.365. The lowest BCUT2D eigenvalue weighted by Gasteiger charge is -2.18. The van der Waals surface area contributed by atoms with Crippen molar-refractivity contribution in [1.29, 1.82) is 0 Å². The molecule has 0 aliphatic rings. The van der Waals surface area contributed by atoms with Crippen molar-refractivity contribution in [3.63, 3.8) is 0 Å². The zero-order chi connectivity index (χ0) is 15.1. The zero-order valence-corrected chi connectivity index (χ0v) is 12.7. The standard InChI is InChI=1S/C14H24N4O2/c1-15-13-10-12(6-7-14(13)18(19)20)11-17(4)9-5-8-16(2)3/h6-7,10,15H,5,8-9,11H2,1-4H3. The van der Waals surface area contributed by atoms with Crippen molar-refractivity contribution >= 4 is 11.4 Å². The Morgan fingerprint density at radius 3 is 2.50 bits per heavy atom. The summed E-state index contributed by atoms with van der Waals surface area (Å²) in [6, 6.07) is 5.23. The molecule has 0 heterocycles. The average molecular weight is 280 g/mol. The van der Waals surface area contributed by atoms with Gasteiger partial charge in [0, 0.05) is 19.7 Å². The minimum absolute atomic E-state index is 0.117. The summed E-state index contributed by atoms with van der Waals surface area (Å²) in [5, 5.41) is 13.8. The number of hydrogen-bond donors (Lipinski definition) is 1. The van der Waals surface area contributed by atoms with E-state index >= 15 is 0 Å². The average Bonchev–Trinajstić information content (AvgIpc) is 2.37. The molecule has 0 aromatic heterocycles. The number of nitrogens with zero attached hydrogens (tertiary/aromatic N) is 3. The first kappa shape index (κ1) is 16.4. The van der Waals surface area contributed by atoms with E-state index in [1.165, 1.54) is 0 Å². The summed E-state index contributed by atoms with van der Waals surface area (Å²) >= 11 is 0. The molecule has 1 rings (SSSR count). The molecule has 0 atom stereocenters. The molecule has 0 spiro atoms. The maximum Gasteiger partial charge on any atom is 0.292 e. The molecule has 6 nitrogen and oxygen atoms in total. The van der Waals surface area contributed by atoms with Crippen LogP contribution in [-0.2, 0) is 6.54 Å². The van der Waals surface area contributed by atoms with Crippen molar-refractivity contribution < 1.29 is 4.92 Å². The normalized spacial score (nSPS) is 11.1. The number of nitro groups is 1. The molecule has 0 saturated carbocycles. The van der Waals surface area contributed by atoms with Crippen molar-refractivity contribution in [2.24, 2.45) is 0 Å². The molecule has 0 saturated heterocycles. The van der Waals surface area contributed by atoms with Crippen LogP contribution in [0, 0.1) is 10.1 Å². The molecule has 20 heavy (non-hydrogen) atoms. The lowest BCUT2D eigenvalue weighted by Crippen LogP contribution is -2.23. The smallest absolute Gasteiger partial charge is 0.292 e. The summed E-state index contributed by atoms with van der Waals surface area (Å²) in [4.78, 5) is 14.9. The lowest BCUT2D eigenvalue weighted by molar-refractivity contribution is -0.384. The molecule has 112 valence electrons. The summed E-state index contributed by atoms with van der Waals surface area (Å²) in [6.07, 6.45) is 1.11. The van der Waals surface area contributed by atoms with Gasteiger partial charge in [0.05, 0.1) is 4.92 Å². The maximum atomic E-state index is 10.9. The van der Waals surface area contributed by atoms with E-state index in [4.69, 9.17) is 0 Å². The number of benzene rings is 1. The summed E-state index contributed by atoms with van der Waals surface area (Å²) in [5.74, 6) is 0. The van der Waals surface area contributed by atoms with Crippen LogP contribution in [0.15, 0.2) is 18.2 Å². The van der Waals surface area contributed by atoms with Gasteiger partial charge in [0.25, 0.3) is 5.69 Å². The number of anilines is 1. The highest BCUT2D eigenvalue weighted by Crippen LogP contribution is 2.25. The fraction of sp³-hybridized carbons (Fsp3) is 0.571. The van der Waals surface area contributed by atoms with Crippen molar-refractivity contribution in [3.8, 4) is 0 Å². The molecule has 0 radical (unpaired) electrons. The van der Waals surface area contributed by atoms with Crippen LogP contribution in [0.3, 0.4) is 0 Å². The molecule has 0 aliphatic carbocycles. The molecular weight excluding hydrogens is 256 g/mol. The molecule has 0 fully saturated rings. The van der Waals surface area contributed by atoms with E-state index < -0.39 is 0 Å². The van der Waals surface area contributed by atoms with Crippen LogP contribution in [-0.4, -0.2) is 56.0 Å². The first-order valence-corrected chi connectivity index (χ1v) is 6.72. The highest BCUT2D eigenvalue weighted by molar-refractivity contribution is 5.62. The van der Waals surface area contributed by atoms with Gasteiger partial charge in [-0.3, -0.25) is 10.1 Å². The van der Waals surface area contributed by atoms with Gasteiger partial charge in [0.2, 0.25) is 0 Å². The Labute approximate surface area is 120 Å². The molecule has 6 heteroatoms. The second kappa shape index (κ2) is 7.81. The van der Waals surface area contributed by atoms with Gasteiger partial charge in [0.1, 0.15) is 5.69 Å². The Morgan fingerprint density at radius 1 is 1.25 bits per heavy atom. The van der Waals surface area contributed by atoms with Crippen molar-refractivity contribution in [2.75, 3.05) is 46.6 Å². The Balaban J connectivity index is 2.61. The van der Waals surface area contributed by atoms with E-state index in [-0.39, 0.29) is 10.6 Å². The van der Waals surface area contributed by atoms with Crippen LogP contribution >= 0.6 is 0 Å². The predicted molar refractivity (Wildman–Crippen MR) is 82.1 cm³/mol. The summed E-state index contributed by atoms with van der Waals surface area (Å²) in [7, 11) is 7.90. The monoisotopic (exact) mass is 280 g/mol. The zero-order valence-electron chi connectivity index (χ0n) is 12.7. The molecular formula is C14H24N4O2. The number of hydrogen-bond acceptors (Lipinski definition) is 5. The molecule has 0 amide bonds. The van der Waals surface area contributed by atoms with Gasteiger partial charge in [0.15, 0.2) is 0 Å². The number of rotatable bonds is 8. The van der Waals surface area contributed by atoms with Crippen LogP contribution in [0.1, 0.15) is 12.0 Å². The maximum absolute atomic E-state index is 10.9. The highest BCUT2D eigenvalue weighted by atomic mass is 16.6. The predicted octanol–water partition coefficient (Wildman–Crippen LogP) is 2.02. The Kier molecular flexibility index (Phi) is 6.41. The fourth-order valence-electron chi connectivity index (χ4n) is 2.09. The van der Waals surface area contributed by atoms with Crippen LogP contribution < -0.4 is 5.32 Å². The lowest BCUT2D eigenvalue weighted by atomic mass is 10.1. The minimum Gasteiger partial charge on any atom is -0.383 e.